The molecule has 6 rings (SSSR count). The van der Waals surface area contributed by atoms with Crippen LogP contribution >= 0.6 is 11.3 Å². The van der Waals surface area contributed by atoms with Crippen molar-refractivity contribution >= 4 is 38.3 Å². The average Bonchev–Trinajstić information content (AvgIpc) is 3.44. The van der Waals surface area contributed by atoms with Gasteiger partial charge in [-0.3, -0.25) is 0 Å². The molecule has 0 unspecified atom stereocenters. The van der Waals surface area contributed by atoms with Gasteiger partial charge in [0.05, 0.1) is 5.39 Å². The summed E-state index contributed by atoms with van der Waals surface area (Å²) in [6.45, 7) is 0.827. The van der Waals surface area contributed by atoms with E-state index in [0.29, 0.717) is 0 Å². The van der Waals surface area contributed by atoms with E-state index in [0.717, 1.165) is 29.0 Å². The summed E-state index contributed by atoms with van der Waals surface area (Å²) in [6, 6.07) is 15.4. The van der Waals surface area contributed by atoms with Crippen LogP contribution in [0.1, 0.15) is 29.5 Å². The molecule has 0 radical (unpaired) electrons. The Hall–Kier alpha value is -3.18. The Morgan fingerprint density at radius 3 is 2.87 bits per heavy atom. The number of nitrogens with one attached hydrogen (secondary N) is 2. The van der Waals surface area contributed by atoms with Crippen molar-refractivity contribution in [2.24, 2.45) is 0 Å². The molecule has 0 atom stereocenters. The Morgan fingerprint density at radius 2 is 1.90 bits per heavy atom. The van der Waals surface area contributed by atoms with Crippen molar-refractivity contribution in [3.8, 4) is 11.1 Å². The van der Waals surface area contributed by atoms with Gasteiger partial charge >= 0.3 is 0 Å². The molecule has 0 spiro atoms. The molecule has 1 aliphatic rings. The van der Waals surface area contributed by atoms with E-state index in [-0.39, 0.29) is 0 Å². The summed E-state index contributed by atoms with van der Waals surface area (Å²) in [5.74, 6) is 0.929. The van der Waals surface area contributed by atoms with Crippen LogP contribution in [0.5, 0.6) is 0 Å². The third-order valence-electron chi connectivity index (χ3n) is 6.39. The minimum Gasteiger partial charge on any atom is -0.369 e. The number of para-hydroxylation sites is 1. The molecule has 0 bridgehead atoms. The lowest BCUT2D eigenvalue weighted by molar-refractivity contribution is 0.686. The fraction of sp³-hybridized carbons (Fsp3) is 0.231. The first kappa shape index (κ1) is 18.6. The van der Waals surface area contributed by atoms with Crippen LogP contribution in [-0.2, 0) is 19.3 Å². The summed E-state index contributed by atoms with van der Waals surface area (Å²) >= 11 is 1.70. The fourth-order valence-corrected chi connectivity index (χ4v) is 5.69. The maximum atomic E-state index is 4.61. The molecule has 31 heavy (non-hydrogen) atoms. The molecular formula is C26H24N4S. The van der Waals surface area contributed by atoms with E-state index in [2.05, 4.69) is 74.3 Å². The van der Waals surface area contributed by atoms with Crippen molar-refractivity contribution in [1.29, 1.82) is 0 Å². The number of rotatable bonds is 5. The standard InChI is InChI=1S/C26H24N4S/c1-2-6-18-13-19(10-9-17(18)5-1)22-15-31-26-24(22)25(29-16-30-26)27-12-11-20-14-28-23-8-4-3-7-21(20)23/h3-4,7-10,13-16,28H,1-2,5-6,11-12H2,(H,27,29,30). The summed E-state index contributed by atoms with van der Waals surface area (Å²) in [5, 5.41) is 8.26. The molecule has 5 aromatic rings. The van der Waals surface area contributed by atoms with E-state index in [1.165, 1.54) is 64.4 Å². The van der Waals surface area contributed by atoms with Crippen LogP contribution < -0.4 is 5.32 Å². The van der Waals surface area contributed by atoms with Gasteiger partial charge < -0.3 is 10.3 Å². The van der Waals surface area contributed by atoms with Crippen molar-refractivity contribution in [1.82, 2.24) is 15.0 Å². The zero-order valence-electron chi connectivity index (χ0n) is 17.3. The van der Waals surface area contributed by atoms with Crippen molar-refractivity contribution in [3.05, 3.63) is 77.1 Å². The maximum Gasteiger partial charge on any atom is 0.138 e. The molecule has 3 aromatic heterocycles. The molecule has 0 aliphatic heterocycles. The summed E-state index contributed by atoms with van der Waals surface area (Å²) < 4.78 is 0. The van der Waals surface area contributed by atoms with Crippen LogP contribution in [0.3, 0.4) is 0 Å². The zero-order valence-corrected chi connectivity index (χ0v) is 18.1. The average molecular weight is 425 g/mol. The molecule has 0 amide bonds. The predicted molar refractivity (Wildman–Crippen MR) is 130 cm³/mol. The number of hydrogen-bond acceptors (Lipinski definition) is 4. The van der Waals surface area contributed by atoms with E-state index < -0.39 is 0 Å². The van der Waals surface area contributed by atoms with Gasteiger partial charge in [0.2, 0.25) is 0 Å². The molecule has 154 valence electrons. The summed E-state index contributed by atoms with van der Waals surface area (Å²) in [4.78, 5) is 13.6. The summed E-state index contributed by atoms with van der Waals surface area (Å²) in [7, 11) is 0. The lowest BCUT2D eigenvalue weighted by Crippen LogP contribution is -2.07. The Balaban J connectivity index is 1.30. The van der Waals surface area contributed by atoms with Crippen molar-refractivity contribution in [3.63, 3.8) is 0 Å². The van der Waals surface area contributed by atoms with Gasteiger partial charge in [0.15, 0.2) is 0 Å². The Morgan fingerprint density at radius 1 is 1.00 bits per heavy atom. The van der Waals surface area contributed by atoms with Crippen LogP contribution in [0.4, 0.5) is 5.82 Å². The number of nitrogens with zero attached hydrogens (tertiary/aromatic N) is 2. The zero-order chi connectivity index (χ0) is 20.6. The smallest absolute Gasteiger partial charge is 0.138 e. The molecule has 1 aliphatic carbocycles. The van der Waals surface area contributed by atoms with E-state index >= 15 is 0 Å². The number of aromatic amines is 1. The third kappa shape index (κ3) is 3.39. The van der Waals surface area contributed by atoms with Crippen molar-refractivity contribution < 1.29 is 0 Å². The van der Waals surface area contributed by atoms with Crippen LogP contribution in [0.2, 0.25) is 0 Å². The molecule has 5 heteroatoms. The van der Waals surface area contributed by atoms with Gasteiger partial charge in [-0.05, 0) is 60.4 Å². The molecule has 0 fully saturated rings. The number of benzene rings is 2. The number of hydrogen-bond donors (Lipinski definition) is 2. The third-order valence-corrected chi connectivity index (χ3v) is 7.28. The highest BCUT2D eigenvalue weighted by atomic mass is 32.1. The SMILES string of the molecule is c1ccc2c(CCNc3ncnc4scc(-c5ccc6c(c5)CCCC6)c34)c[nH]c2c1. The quantitative estimate of drug-likeness (QED) is 0.344. The molecule has 0 saturated carbocycles. The van der Waals surface area contributed by atoms with Gasteiger partial charge in [-0.2, -0.15) is 0 Å². The van der Waals surface area contributed by atoms with Crippen LogP contribution in [-0.4, -0.2) is 21.5 Å². The second-order valence-electron chi connectivity index (χ2n) is 8.28. The highest BCUT2D eigenvalue weighted by Crippen LogP contribution is 2.38. The highest BCUT2D eigenvalue weighted by molar-refractivity contribution is 7.17. The molecule has 2 N–H and O–H groups in total. The monoisotopic (exact) mass is 424 g/mol. The topological polar surface area (TPSA) is 53.6 Å². The molecule has 2 aromatic carbocycles. The van der Waals surface area contributed by atoms with Gasteiger partial charge in [-0.1, -0.05) is 36.4 Å². The number of thiophene rings is 1. The molecule has 4 nitrogen and oxygen atoms in total. The second-order valence-corrected chi connectivity index (χ2v) is 9.14. The van der Waals surface area contributed by atoms with E-state index in [1.54, 1.807) is 17.7 Å². The molecular weight excluding hydrogens is 400 g/mol. The normalized spacial score (nSPS) is 13.5. The number of anilines is 1. The van der Waals surface area contributed by atoms with E-state index in [9.17, 15) is 0 Å². The Kier molecular flexibility index (Phi) is 4.69. The van der Waals surface area contributed by atoms with Gasteiger partial charge in [0, 0.05) is 34.6 Å². The number of fused-ring (bicyclic) bond motifs is 3. The minimum absolute atomic E-state index is 0.827. The van der Waals surface area contributed by atoms with Crippen LogP contribution in [0.15, 0.2) is 60.4 Å². The number of aryl methyl sites for hydroxylation is 2. The second kappa shape index (κ2) is 7.82. The fourth-order valence-electron chi connectivity index (χ4n) is 4.78. The molecule has 0 saturated heterocycles. The largest absolute Gasteiger partial charge is 0.369 e. The lowest BCUT2D eigenvalue weighted by Gasteiger charge is -2.16. The van der Waals surface area contributed by atoms with Crippen molar-refractivity contribution in [2.75, 3.05) is 11.9 Å². The Labute approximate surface area is 185 Å². The van der Waals surface area contributed by atoms with Gasteiger partial charge in [-0.25, -0.2) is 9.97 Å². The van der Waals surface area contributed by atoms with Gasteiger partial charge in [-0.15, -0.1) is 11.3 Å². The predicted octanol–water partition coefficient (Wildman–Crippen LogP) is 6.37. The summed E-state index contributed by atoms with van der Waals surface area (Å²) in [5.41, 5.74) is 8.06. The van der Waals surface area contributed by atoms with Crippen LogP contribution in [0, 0.1) is 0 Å². The number of aromatic nitrogens is 3. The highest BCUT2D eigenvalue weighted by Gasteiger charge is 2.16. The van der Waals surface area contributed by atoms with E-state index in [1.807, 2.05) is 0 Å². The van der Waals surface area contributed by atoms with Gasteiger partial charge in [0.1, 0.15) is 17.0 Å². The lowest BCUT2D eigenvalue weighted by atomic mass is 9.89. The van der Waals surface area contributed by atoms with E-state index in [4.69, 9.17) is 0 Å². The maximum absolute atomic E-state index is 4.61. The van der Waals surface area contributed by atoms with Crippen molar-refractivity contribution in [2.45, 2.75) is 32.1 Å². The van der Waals surface area contributed by atoms with Gasteiger partial charge in [0.25, 0.3) is 0 Å². The minimum atomic E-state index is 0.827. The first-order chi connectivity index (χ1) is 15.4. The summed E-state index contributed by atoms with van der Waals surface area (Å²) in [6.07, 6.45) is 9.74. The Bertz CT molecular complexity index is 1380. The number of H-pyrrole nitrogens is 1. The molecule has 3 heterocycles. The first-order valence-corrected chi connectivity index (χ1v) is 11.9. The first-order valence-electron chi connectivity index (χ1n) is 11.0. The van der Waals surface area contributed by atoms with Crippen LogP contribution in [0.25, 0.3) is 32.2 Å².